The molecule has 8 heteroatoms. The summed E-state index contributed by atoms with van der Waals surface area (Å²) in [5, 5.41) is 2.99. The highest BCUT2D eigenvalue weighted by Gasteiger charge is 2.20. The first kappa shape index (κ1) is 19.7. The lowest BCUT2D eigenvalue weighted by molar-refractivity contribution is -0.124. The van der Waals surface area contributed by atoms with Crippen molar-refractivity contribution < 1.29 is 17.9 Å². The fourth-order valence-corrected chi connectivity index (χ4v) is 3.71. The Hall–Kier alpha value is -1.64. The van der Waals surface area contributed by atoms with Gasteiger partial charge < -0.3 is 15.0 Å². The highest BCUT2D eigenvalue weighted by atomic mass is 32.2. The lowest BCUT2D eigenvalue weighted by atomic mass is 10.1. The quantitative estimate of drug-likeness (QED) is 0.804. The average Bonchev–Trinajstić information content (AvgIpc) is 2.55. The maximum atomic E-state index is 12.1. The molecule has 0 aromatic heterocycles. The molecule has 1 aromatic rings. The number of carbonyl (C=O) groups excluding carboxylic acids is 1. The minimum atomic E-state index is -3.48. The zero-order chi connectivity index (χ0) is 18.6. The van der Waals surface area contributed by atoms with E-state index in [-0.39, 0.29) is 23.5 Å². The molecular weight excluding hydrogens is 342 g/mol. The Balaban J connectivity index is 1.91. The summed E-state index contributed by atoms with van der Waals surface area (Å²) in [4.78, 5) is 14.5. The number of piperidine rings is 1. The molecule has 2 rings (SSSR count). The van der Waals surface area contributed by atoms with Crippen molar-refractivity contribution in [2.75, 3.05) is 40.8 Å². The SMILES string of the molecule is Cc1cc(S(=O)(=O)N(C)C)ccc1OCC(=O)NC1CCN(C)CC1. The highest BCUT2D eigenvalue weighted by Crippen LogP contribution is 2.23. The van der Waals surface area contributed by atoms with E-state index in [4.69, 9.17) is 4.74 Å². The Bertz CT molecular complexity index is 711. The van der Waals surface area contributed by atoms with Gasteiger partial charge in [0, 0.05) is 20.1 Å². The molecule has 0 atom stereocenters. The number of rotatable bonds is 6. The van der Waals surface area contributed by atoms with Crippen molar-refractivity contribution in [2.24, 2.45) is 0 Å². The Morgan fingerprint density at radius 3 is 2.52 bits per heavy atom. The molecule has 25 heavy (non-hydrogen) atoms. The maximum absolute atomic E-state index is 12.1. The van der Waals surface area contributed by atoms with Gasteiger partial charge in [-0.05, 0) is 63.7 Å². The zero-order valence-corrected chi connectivity index (χ0v) is 16.1. The fraction of sp³-hybridized carbons (Fsp3) is 0.588. The molecule has 1 fully saturated rings. The van der Waals surface area contributed by atoms with E-state index in [1.54, 1.807) is 19.1 Å². The van der Waals surface area contributed by atoms with Crippen LogP contribution in [0.25, 0.3) is 0 Å². The molecule has 140 valence electrons. The van der Waals surface area contributed by atoms with Crippen LogP contribution in [-0.2, 0) is 14.8 Å². The van der Waals surface area contributed by atoms with Crippen molar-refractivity contribution in [3.63, 3.8) is 0 Å². The molecule has 1 aliphatic rings. The molecule has 1 saturated heterocycles. The predicted molar refractivity (Wildman–Crippen MR) is 96.2 cm³/mol. The molecule has 7 nitrogen and oxygen atoms in total. The second kappa shape index (κ2) is 8.16. The summed E-state index contributed by atoms with van der Waals surface area (Å²) in [6, 6.07) is 4.83. The molecule has 0 bridgehead atoms. The maximum Gasteiger partial charge on any atom is 0.258 e. The number of sulfonamides is 1. The number of benzene rings is 1. The third kappa shape index (κ3) is 5.17. The molecule has 0 saturated carbocycles. The number of aryl methyl sites for hydroxylation is 1. The monoisotopic (exact) mass is 369 g/mol. The van der Waals surface area contributed by atoms with Crippen LogP contribution in [0.4, 0.5) is 0 Å². The van der Waals surface area contributed by atoms with Crippen LogP contribution in [0.2, 0.25) is 0 Å². The summed E-state index contributed by atoms with van der Waals surface area (Å²) in [5.74, 6) is 0.357. The van der Waals surface area contributed by atoms with Gasteiger partial charge in [0.15, 0.2) is 6.61 Å². The van der Waals surface area contributed by atoms with Crippen LogP contribution < -0.4 is 10.1 Å². The molecule has 1 amide bonds. The average molecular weight is 369 g/mol. The summed E-state index contributed by atoms with van der Waals surface area (Å²) in [7, 11) is 1.57. The van der Waals surface area contributed by atoms with Crippen molar-refractivity contribution in [2.45, 2.75) is 30.7 Å². The normalized spacial score (nSPS) is 16.8. The molecule has 1 heterocycles. The molecule has 0 radical (unpaired) electrons. The minimum absolute atomic E-state index is 0.0764. The van der Waals surface area contributed by atoms with Crippen molar-refractivity contribution in [3.8, 4) is 5.75 Å². The first-order valence-corrected chi connectivity index (χ1v) is 9.78. The molecule has 0 spiro atoms. The lowest BCUT2D eigenvalue weighted by Gasteiger charge is -2.29. The minimum Gasteiger partial charge on any atom is -0.484 e. The second-order valence-corrected chi connectivity index (χ2v) is 8.80. The van der Waals surface area contributed by atoms with Crippen LogP contribution in [0.1, 0.15) is 18.4 Å². The van der Waals surface area contributed by atoms with Crippen molar-refractivity contribution in [1.82, 2.24) is 14.5 Å². The van der Waals surface area contributed by atoms with E-state index in [0.29, 0.717) is 11.3 Å². The topological polar surface area (TPSA) is 78.9 Å². The Morgan fingerprint density at radius 2 is 1.96 bits per heavy atom. The number of amides is 1. The lowest BCUT2D eigenvalue weighted by Crippen LogP contribution is -2.44. The Labute approximate surface area is 150 Å². The highest BCUT2D eigenvalue weighted by molar-refractivity contribution is 7.89. The third-order valence-electron chi connectivity index (χ3n) is 4.37. The van der Waals surface area contributed by atoms with Gasteiger partial charge in [-0.1, -0.05) is 0 Å². The van der Waals surface area contributed by atoms with Crippen LogP contribution >= 0.6 is 0 Å². The Morgan fingerprint density at radius 1 is 1.32 bits per heavy atom. The largest absolute Gasteiger partial charge is 0.484 e. The second-order valence-electron chi connectivity index (χ2n) is 6.65. The number of carbonyl (C=O) groups is 1. The van der Waals surface area contributed by atoms with Gasteiger partial charge >= 0.3 is 0 Å². The van der Waals surface area contributed by atoms with Gasteiger partial charge in [-0.25, -0.2) is 12.7 Å². The smallest absolute Gasteiger partial charge is 0.258 e. The van der Waals surface area contributed by atoms with E-state index < -0.39 is 10.0 Å². The molecule has 1 aromatic carbocycles. The standard InChI is InChI=1S/C17H27N3O4S/c1-13-11-15(25(22,23)19(2)3)5-6-16(13)24-12-17(21)18-14-7-9-20(4)10-8-14/h5-6,11,14H,7-10,12H2,1-4H3,(H,18,21). The predicted octanol–water partition coefficient (Wildman–Crippen LogP) is 0.835. The number of hydrogen-bond donors (Lipinski definition) is 1. The number of nitrogens with zero attached hydrogens (tertiary/aromatic N) is 2. The van der Waals surface area contributed by atoms with Crippen LogP contribution in [0.15, 0.2) is 23.1 Å². The van der Waals surface area contributed by atoms with Gasteiger partial charge in [0.05, 0.1) is 4.90 Å². The van der Waals surface area contributed by atoms with Gasteiger partial charge in [-0.2, -0.15) is 0 Å². The van der Waals surface area contributed by atoms with E-state index in [1.807, 2.05) is 0 Å². The van der Waals surface area contributed by atoms with E-state index in [1.165, 1.54) is 20.2 Å². The van der Waals surface area contributed by atoms with Gasteiger partial charge in [0.25, 0.3) is 5.91 Å². The molecule has 1 N–H and O–H groups in total. The van der Waals surface area contributed by atoms with Crippen molar-refractivity contribution >= 4 is 15.9 Å². The molecule has 0 aliphatic carbocycles. The summed E-state index contributed by atoms with van der Waals surface area (Å²) >= 11 is 0. The first-order valence-electron chi connectivity index (χ1n) is 8.34. The van der Waals surface area contributed by atoms with E-state index >= 15 is 0 Å². The fourth-order valence-electron chi connectivity index (χ4n) is 2.72. The zero-order valence-electron chi connectivity index (χ0n) is 15.3. The third-order valence-corrected chi connectivity index (χ3v) is 6.18. The number of nitrogens with one attached hydrogen (secondary N) is 1. The van der Waals surface area contributed by atoms with Gasteiger partial charge in [-0.3, -0.25) is 4.79 Å². The first-order chi connectivity index (χ1) is 11.7. The molecular formula is C17H27N3O4S. The van der Waals surface area contributed by atoms with E-state index in [9.17, 15) is 13.2 Å². The molecule has 0 unspecified atom stereocenters. The van der Waals surface area contributed by atoms with Gasteiger partial charge in [-0.15, -0.1) is 0 Å². The van der Waals surface area contributed by atoms with Gasteiger partial charge in [0.1, 0.15) is 5.75 Å². The van der Waals surface area contributed by atoms with Crippen LogP contribution in [0.3, 0.4) is 0 Å². The van der Waals surface area contributed by atoms with Crippen molar-refractivity contribution in [1.29, 1.82) is 0 Å². The summed E-state index contributed by atoms with van der Waals surface area (Å²) in [6.07, 6.45) is 1.89. The summed E-state index contributed by atoms with van der Waals surface area (Å²) in [5.41, 5.74) is 0.676. The van der Waals surface area contributed by atoms with E-state index in [2.05, 4.69) is 17.3 Å². The number of ether oxygens (including phenoxy) is 1. The van der Waals surface area contributed by atoms with Crippen LogP contribution in [0, 0.1) is 6.92 Å². The van der Waals surface area contributed by atoms with Gasteiger partial charge in [0.2, 0.25) is 10.0 Å². The molecule has 1 aliphatic heterocycles. The van der Waals surface area contributed by atoms with Crippen molar-refractivity contribution in [3.05, 3.63) is 23.8 Å². The van der Waals surface area contributed by atoms with Crippen LogP contribution in [0.5, 0.6) is 5.75 Å². The summed E-state index contributed by atoms with van der Waals surface area (Å²) in [6.45, 7) is 3.64. The van der Waals surface area contributed by atoms with Crippen LogP contribution in [-0.4, -0.2) is 70.4 Å². The van der Waals surface area contributed by atoms with E-state index in [0.717, 1.165) is 30.2 Å². The number of hydrogen-bond acceptors (Lipinski definition) is 5. The Kier molecular flexibility index (Phi) is 6.42. The number of likely N-dealkylation sites (tertiary alicyclic amines) is 1. The summed E-state index contributed by atoms with van der Waals surface area (Å²) < 4.78 is 31.0.